The highest BCUT2D eigenvalue weighted by molar-refractivity contribution is 7.89. The zero-order chi connectivity index (χ0) is 40.0. The highest BCUT2D eigenvalue weighted by atomic mass is 32.2. The van der Waals surface area contributed by atoms with Crippen molar-refractivity contribution in [3.63, 3.8) is 0 Å². The molecule has 0 spiro atoms. The Morgan fingerprint density at radius 3 is 1.80 bits per heavy atom. The summed E-state index contributed by atoms with van der Waals surface area (Å²) in [5, 5.41) is 49.1. The molecule has 2 aliphatic heterocycles. The Kier molecular flexibility index (Phi) is 13.5. The van der Waals surface area contributed by atoms with Crippen LogP contribution in [0.1, 0.15) is 66.0 Å². The zero-order valence-electron chi connectivity index (χ0n) is 31.6. The number of unbranched alkanes of at least 4 members (excludes halogenated alkanes) is 1. The maximum Gasteiger partial charge on any atom is 0.243 e. The van der Waals surface area contributed by atoms with Crippen LogP contribution in [0.3, 0.4) is 0 Å². The number of benzene rings is 4. The number of aryl methyl sites for hydroxylation is 3. The molecule has 14 nitrogen and oxygen atoms in total. The van der Waals surface area contributed by atoms with Crippen LogP contribution in [0.15, 0.2) is 101 Å². The van der Waals surface area contributed by atoms with Crippen molar-refractivity contribution >= 4 is 31.4 Å². The largest absolute Gasteiger partial charge is 0.374 e. The minimum Gasteiger partial charge on any atom is -0.374 e. The van der Waals surface area contributed by atoms with Crippen molar-refractivity contribution < 1.29 is 37.3 Å². The minimum atomic E-state index is -3.92. The number of rotatable bonds is 17. The lowest BCUT2D eigenvalue weighted by Gasteiger charge is -2.38. The fraction of sp³-hybridized carbons (Fsp3) is 0.400. The van der Waals surface area contributed by atoms with E-state index in [1.807, 2.05) is 32.0 Å². The van der Waals surface area contributed by atoms with E-state index in [-0.39, 0.29) is 36.0 Å². The molecule has 0 amide bonds. The standard InChI is InChI=1S/C40H52N6O8S2/c1-28-16-19-31(20-17-28)56(53,54)44(24-10-26-46-38(48)33-13-4-6-15-35(33)43-40(46)50)23-8-7-22-41-55(51,52)36-21-18-29(2)27-30(36)11-9-25-45-37(47)32-12-3-5-14-34(32)42-39(45)49/h3-6,12-21,27,37-43,47-50H,7-11,22-26H2,1-2H3. The second-order valence-electron chi connectivity index (χ2n) is 14.3. The molecule has 302 valence electrons. The number of nitrogens with zero attached hydrogens (tertiary/aromatic N) is 3. The summed E-state index contributed by atoms with van der Waals surface area (Å²) in [7, 11) is -7.83. The van der Waals surface area contributed by atoms with Crippen molar-refractivity contribution in [2.75, 3.05) is 43.4 Å². The molecule has 7 N–H and O–H groups in total. The lowest BCUT2D eigenvalue weighted by Crippen LogP contribution is -2.48. The van der Waals surface area contributed by atoms with Crippen LogP contribution in [0.25, 0.3) is 0 Å². The van der Waals surface area contributed by atoms with E-state index in [0.717, 1.165) is 11.1 Å². The molecular formula is C40H52N6O8S2. The van der Waals surface area contributed by atoms with Crippen LogP contribution < -0.4 is 15.4 Å². The van der Waals surface area contributed by atoms with Crippen LogP contribution in [0.5, 0.6) is 0 Å². The molecular weight excluding hydrogens is 757 g/mol. The van der Waals surface area contributed by atoms with Crippen molar-refractivity contribution in [1.82, 2.24) is 18.8 Å². The maximum absolute atomic E-state index is 13.8. The highest BCUT2D eigenvalue weighted by Crippen LogP contribution is 2.34. The van der Waals surface area contributed by atoms with E-state index in [1.165, 1.54) is 14.1 Å². The molecule has 0 radical (unpaired) electrons. The molecule has 0 bridgehead atoms. The van der Waals surface area contributed by atoms with Crippen LogP contribution >= 0.6 is 0 Å². The van der Waals surface area contributed by atoms with Gasteiger partial charge in [-0.2, -0.15) is 4.31 Å². The molecule has 0 aliphatic carbocycles. The number of aliphatic hydroxyl groups is 4. The Bertz CT molecular complexity index is 2170. The van der Waals surface area contributed by atoms with Gasteiger partial charge in [0, 0.05) is 55.2 Å². The second-order valence-corrected chi connectivity index (χ2v) is 18.0. The summed E-state index contributed by atoms with van der Waals surface area (Å²) in [5.41, 5.74) is 4.98. The fourth-order valence-electron chi connectivity index (χ4n) is 7.22. The van der Waals surface area contributed by atoms with E-state index in [4.69, 9.17) is 0 Å². The van der Waals surface area contributed by atoms with Gasteiger partial charge in [-0.1, -0.05) is 71.8 Å². The van der Waals surface area contributed by atoms with Gasteiger partial charge < -0.3 is 31.1 Å². The van der Waals surface area contributed by atoms with Crippen molar-refractivity contribution in [3.8, 4) is 0 Å². The number of hydrogen-bond acceptors (Lipinski definition) is 12. The smallest absolute Gasteiger partial charge is 0.243 e. The summed E-state index contributed by atoms with van der Waals surface area (Å²) in [6.07, 6.45) is -2.45. The van der Waals surface area contributed by atoms with Gasteiger partial charge in [0.05, 0.1) is 9.79 Å². The van der Waals surface area contributed by atoms with Crippen LogP contribution in [-0.4, -0.2) is 96.8 Å². The van der Waals surface area contributed by atoms with E-state index < -0.39 is 45.2 Å². The van der Waals surface area contributed by atoms with E-state index in [1.54, 1.807) is 72.8 Å². The van der Waals surface area contributed by atoms with Gasteiger partial charge in [-0.3, -0.25) is 0 Å². The molecule has 16 heteroatoms. The first-order chi connectivity index (χ1) is 26.8. The Morgan fingerprint density at radius 1 is 0.661 bits per heavy atom. The van der Waals surface area contributed by atoms with Crippen molar-refractivity contribution in [1.29, 1.82) is 0 Å². The third-order valence-electron chi connectivity index (χ3n) is 10.3. The molecule has 0 fully saturated rings. The number of para-hydroxylation sites is 2. The normalized spacial score (nSPS) is 20.3. The van der Waals surface area contributed by atoms with Crippen LogP contribution in [-0.2, 0) is 26.5 Å². The average Bonchev–Trinajstić information content (AvgIpc) is 3.16. The monoisotopic (exact) mass is 808 g/mol. The van der Waals surface area contributed by atoms with Crippen LogP contribution in [0, 0.1) is 13.8 Å². The first-order valence-electron chi connectivity index (χ1n) is 18.9. The van der Waals surface area contributed by atoms with E-state index >= 15 is 0 Å². The topological polar surface area (TPSA) is 195 Å². The van der Waals surface area contributed by atoms with Crippen LogP contribution in [0.4, 0.5) is 11.4 Å². The Balaban J connectivity index is 1.05. The predicted octanol–water partition coefficient (Wildman–Crippen LogP) is 3.76. The van der Waals surface area contributed by atoms with Gasteiger partial charge in [0.15, 0.2) is 12.7 Å². The molecule has 4 unspecified atom stereocenters. The van der Waals surface area contributed by atoms with Gasteiger partial charge in [-0.15, -0.1) is 0 Å². The molecule has 0 aromatic heterocycles. The van der Waals surface area contributed by atoms with Crippen molar-refractivity contribution in [2.45, 2.75) is 80.9 Å². The van der Waals surface area contributed by atoms with Gasteiger partial charge >= 0.3 is 0 Å². The Morgan fingerprint density at radius 2 is 1.20 bits per heavy atom. The SMILES string of the molecule is Cc1ccc(S(=O)(=O)N(CCCCNS(=O)(=O)c2ccc(C)cc2CCCN2C(O)Nc3ccccc3C2O)CCCN2C(O)Nc3ccccc3C2O)cc1. The highest BCUT2D eigenvalue weighted by Gasteiger charge is 2.33. The summed E-state index contributed by atoms with van der Waals surface area (Å²) in [6, 6.07) is 26.1. The average molecular weight is 809 g/mol. The molecule has 56 heavy (non-hydrogen) atoms. The molecule has 2 aliphatic rings. The number of hydrogen-bond donors (Lipinski definition) is 7. The third-order valence-corrected chi connectivity index (χ3v) is 13.8. The fourth-order valence-corrected chi connectivity index (χ4v) is 10.1. The molecule has 4 aromatic carbocycles. The first-order valence-corrected chi connectivity index (χ1v) is 21.8. The number of nitrogens with one attached hydrogen (secondary N) is 3. The van der Waals surface area contributed by atoms with E-state index in [2.05, 4.69) is 15.4 Å². The third kappa shape index (κ3) is 9.59. The molecule has 0 saturated heterocycles. The Labute approximate surface area is 329 Å². The lowest BCUT2D eigenvalue weighted by atomic mass is 10.1. The number of aliphatic hydroxyl groups excluding tert-OH is 4. The van der Waals surface area contributed by atoms with Crippen molar-refractivity contribution in [3.05, 3.63) is 119 Å². The summed E-state index contributed by atoms with van der Waals surface area (Å²) in [4.78, 5) is 3.27. The van der Waals surface area contributed by atoms with Gasteiger partial charge in [-0.25, -0.2) is 31.4 Å². The quantitative estimate of drug-likeness (QED) is 0.0765. The number of fused-ring (bicyclic) bond motifs is 2. The van der Waals surface area contributed by atoms with Gasteiger partial charge in [0.25, 0.3) is 0 Å². The molecule has 6 rings (SSSR count). The Hall–Kier alpha value is -3.94. The number of sulfonamides is 2. The summed E-state index contributed by atoms with van der Waals surface area (Å²) in [5.74, 6) is 0. The molecule has 0 saturated carbocycles. The predicted molar refractivity (Wildman–Crippen MR) is 214 cm³/mol. The summed E-state index contributed by atoms with van der Waals surface area (Å²) >= 11 is 0. The van der Waals surface area contributed by atoms with Crippen molar-refractivity contribution in [2.24, 2.45) is 0 Å². The van der Waals surface area contributed by atoms with Crippen LogP contribution in [0.2, 0.25) is 0 Å². The molecule has 4 atom stereocenters. The molecule has 2 heterocycles. The van der Waals surface area contributed by atoms with Gasteiger partial charge in [0.2, 0.25) is 20.0 Å². The first kappa shape index (κ1) is 41.7. The van der Waals surface area contributed by atoms with E-state index in [9.17, 15) is 37.3 Å². The lowest BCUT2D eigenvalue weighted by molar-refractivity contribution is -0.0985. The minimum absolute atomic E-state index is 0.0859. The van der Waals surface area contributed by atoms with Gasteiger partial charge in [0.1, 0.15) is 12.5 Å². The zero-order valence-corrected chi connectivity index (χ0v) is 33.3. The summed E-state index contributed by atoms with van der Waals surface area (Å²) < 4.78 is 58.9. The molecule has 4 aromatic rings. The second kappa shape index (κ2) is 18.1. The van der Waals surface area contributed by atoms with Gasteiger partial charge in [-0.05, 0) is 81.8 Å². The summed E-state index contributed by atoms with van der Waals surface area (Å²) in [6.45, 7) is 4.59. The maximum atomic E-state index is 13.8. The number of anilines is 2. The van der Waals surface area contributed by atoms with E-state index in [0.29, 0.717) is 66.7 Å².